The summed E-state index contributed by atoms with van der Waals surface area (Å²) in [6.45, 7) is 0.765. The molecule has 2 fully saturated rings. The van der Waals surface area contributed by atoms with Crippen molar-refractivity contribution in [1.29, 1.82) is 0 Å². The van der Waals surface area contributed by atoms with Gasteiger partial charge in [0.25, 0.3) is 0 Å². The van der Waals surface area contributed by atoms with Gasteiger partial charge < -0.3 is 25.2 Å². The van der Waals surface area contributed by atoms with E-state index >= 15 is 0 Å². The van der Waals surface area contributed by atoms with Crippen LogP contribution < -0.4 is 10.6 Å². The molecule has 1 unspecified atom stereocenters. The first kappa shape index (κ1) is 25.5. The van der Waals surface area contributed by atoms with Crippen LogP contribution in [-0.2, 0) is 22.7 Å². The molecule has 3 heterocycles. The molecule has 37 heavy (non-hydrogen) atoms. The van der Waals surface area contributed by atoms with Crippen molar-refractivity contribution in [3.63, 3.8) is 0 Å². The van der Waals surface area contributed by atoms with Gasteiger partial charge in [0.05, 0.1) is 29.6 Å². The predicted octanol–water partition coefficient (Wildman–Crippen LogP) is 3.57. The van der Waals surface area contributed by atoms with E-state index in [0.717, 1.165) is 43.0 Å². The Morgan fingerprint density at radius 3 is 2.62 bits per heavy atom. The molecule has 3 aromatic rings. The van der Waals surface area contributed by atoms with E-state index in [0.29, 0.717) is 33.0 Å². The number of fused-ring (bicyclic) bond motifs is 1. The van der Waals surface area contributed by atoms with Crippen LogP contribution in [0.15, 0.2) is 24.3 Å². The van der Waals surface area contributed by atoms with E-state index in [2.05, 4.69) is 32.8 Å². The first-order valence-electron chi connectivity index (χ1n) is 12.1. The van der Waals surface area contributed by atoms with Crippen LogP contribution in [0.1, 0.15) is 24.3 Å². The van der Waals surface area contributed by atoms with Gasteiger partial charge in [0, 0.05) is 17.1 Å². The Kier molecular flexibility index (Phi) is 6.84. The number of amides is 1. The van der Waals surface area contributed by atoms with Gasteiger partial charge in [-0.05, 0) is 57.6 Å². The number of nitrogens with one attached hydrogen (secondary N) is 2. The summed E-state index contributed by atoms with van der Waals surface area (Å²) in [4.78, 5) is 25.4. The van der Waals surface area contributed by atoms with Gasteiger partial charge in [0.15, 0.2) is 5.01 Å². The first-order valence-corrected chi connectivity index (χ1v) is 12.9. The summed E-state index contributed by atoms with van der Waals surface area (Å²) < 4.78 is 41.9. The topological polar surface area (TPSA) is 112 Å². The Bertz CT molecular complexity index is 1310. The monoisotopic (exact) mass is 536 g/mol. The van der Waals surface area contributed by atoms with Gasteiger partial charge in [0.2, 0.25) is 5.91 Å². The molecule has 1 saturated heterocycles. The lowest BCUT2D eigenvalue weighted by Crippen LogP contribution is -2.36. The van der Waals surface area contributed by atoms with Crippen LogP contribution in [0.2, 0.25) is 0 Å². The smallest absolute Gasteiger partial charge is 0.406 e. The number of piperidine rings is 1. The maximum atomic E-state index is 13.6. The molecule has 3 N–H and O–H groups in total. The molecule has 1 saturated carbocycles. The van der Waals surface area contributed by atoms with Gasteiger partial charge in [-0.3, -0.25) is 9.59 Å². The molecule has 1 aliphatic carbocycles. The molecule has 0 radical (unpaired) electrons. The van der Waals surface area contributed by atoms with Crippen LogP contribution >= 0.6 is 11.3 Å². The van der Waals surface area contributed by atoms with Crippen molar-refractivity contribution in [2.75, 3.05) is 25.5 Å². The van der Waals surface area contributed by atoms with E-state index in [1.54, 1.807) is 18.2 Å². The summed E-state index contributed by atoms with van der Waals surface area (Å²) in [7, 11) is 2.07. The number of halogens is 3. The standard InChI is InChI=1S/C24H27F3N6O3S/c1-32-7-5-13(6-8-32)29-17-3-2-4-18-16(17)10-19(33(18)12-24(25,26)27)22-31-30-20(37-22)11-28-21(34)14-9-15(14)23(35)36/h2-4,10,13-15,29H,5-9,11-12H2,1H3,(H,28,34)(H,35,36)/t14-,15?/m1/s1. The fourth-order valence-corrected chi connectivity index (χ4v) is 5.59. The number of rotatable bonds is 8. The fraction of sp³-hybridized carbons (Fsp3) is 0.500. The number of likely N-dealkylation sites (tertiary alicyclic amines) is 1. The minimum Gasteiger partial charge on any atom is -0.481 e. The first-order chi connectivity index (χ1) is 17.6. The number of carbonyl (C=O) groups is 2. The summed E-state index contributed by atoms with van der Waals surface area (Å²) in [5.41, 5.74) is 1.53. The van der Waals surface area contributed by atoms with E-state index in [9.17, 15) is 22.8 Å². The molecule has 9 nitrogen and oxygen atoms in total. The summed E-state index contributed by atoms with van der Waals surface area (Å²) in [5, 5.41) is 24.7. The summed E-state index contributed by atoms with van der Waals surface area (Å²) >= 11 is 1.10. The quantitative estimate of drug-likeness (QED) is 0.404. The summed E-state index contributed by atoms with van der Waals surface area (Å²) in [5.74, 6) is -2.60. The Balaban J connectivity index is 1.39. The van der Waals surface area contributed by atoms with Crippen LogP contribution in [0, 0.1) is 11.8 Å². The number of aliphatic carboxylic acids is 1. The predicted molar refractivity (Wildman–Crippen MR) is 132 cm³/mol. The van der Waals surface area contributed by atoms with Gasteiger partial charge in [-0.25, -0.2) is 0 Å². The Morgan fingerprint density at radius 2 is 1.95 bits per heavy atom. The highest BCUT2D eigenvalue weighted by molar-refractivity contribution is 7.14. The number of benzene rings is 1. The maximum Gasteiger partial charge on any atom is 0.406 e. The highest BCUT2D eigenvalue weighted by Crippen LogP contribution is 2.39. The van der Waals surface area contributed by atoms with E-state index in [4.69, 9.17) is 5.11 Å². The van der Waals surface area contributed by atoms with Crippen molar-refractivity contribution >= 4 is 39.8 Å². The number of carboxylic acid groups (broad SMARTS) is 1. The molecule has 198 valence electrons. The molecular weight excluding hydrogens is 509 g/mol. The minimum atomic E-state index is -4.44. The molecule has 2 aliphatic rings. The molecule has 1 aromatic carbocycles. The molecule has 2 aromatic heterocycles. The van der Waals surface area contributed by atoms with Crippen LogP contribution in [0.25, 0.3) is 21.6 Å². The zero-order valence-electron chi connectivity index (χ0n) is 20.1. The van der Waals surface area contributed by atoms with E-state index in [1.807, 2.05) is 6.07 Å². The number of nitrogens with zero attached hydrogens (tertiary/aromatic N) is 4. The molecule has 1 aliphatic heterocycles. The van der Waals surface area contributed by atoms with Crippen molar-refractivity contribution in [2.24, 2.45) is 11.8 Å². The Morgan fingerprint density at radius 1 is 1.19 bits per heavy atom. The van der Waals surface area contributed by atoms with Gasteiger partial charge in [-0.15, -0.1) is 10.2 Å². The van der Waals surface area contributed by atoms with E-state index < -0.39 is 30.5 Å². The van der Waals surface area contributed by atoms with Crippen LogP contribution in [0.5, 0.6) is 0 Å². The number of aromatic nitrogens is 3. The van der Waals surface area contributed by atoms with Crippen molar-refractivity contribution < 1.29 is 27.9 Å². The number of hydrogen-bond donors (Lipinski definition) is 3. The number of alkyl halides is 3. The average Bonchev–Trinajstić information content (AvgIpc) is 3.39. The molecular formula is C24H27F3N6O3S. The zero-order chi connectivity index (χ0) is 26.3. The molecule has 13 heteroatoms. The SMILES string of the molecule is CN1CCC(Nc2cccc3c2cc(-c2nnc(CNC(=O)[C@@H]4CC4C(=O)O)s2)n3CC(F)(F)F)CC1. The largest absolute Gasteiger partial charge is 0.481 e. The summed E-state index contributed by atoms with van der Waals surface area (Å²) in [6.07, 6.45) is -2.25. The zero-order valence-corrected chi connectivity index (χ0v) is 20.9. The number of hydrogen-bond acceptors (Lipinski definition) is 7. The third-order valence-corrected chi connectivity index (χ3v) is 7.85. The van der Waals surface area contributed by atoms with Crippen molar-refractivity contribution in [3.8, 4) is 10.7 Å². The lowest BCUT2D eigenvalue weighted by atomic mass is 10.0. The second kappa shape index (κ2) is 9.93. The molecule has 0 bridgehead atoms. The fourth-order valence-electron chi connectivity index (χ4n) is 4.79. The average molecular weight is 537 g/mol. The highest BCUT2D eigenvalue weighted by atomic mass is 32.1. The highest BCUT2D eigenvalue weighted by Gasteiger charge is 2.48. The molecule has 5 rings (SSSR count). The van der Waals surface area contributed by atoms with Gasteiger partial charge in [0.1, 0.15) is 11.6 Å². The molecule has 1 amide bonds. The Hall–Kier alpha value is -3.19. The van der Waals surface area contributed by atoms with Crippen molar-refractivity contribution in [3.05, 3.63) is 29.3 Å². The molecule has 0 spiro atoms. The number of carboxylic acids is 1. The lowest BCUT2D eigenvalue weighted by molar-refractivity contribution is -0.140. The number of carbonyl (C=O) groups excluding carboxylic acids is 1. The van der Waals surface area contributed by atoms with Crippen LogP contribution in [-0.4, -0.2) is 69.0 Å². The van der Waals surface area contributed by atoms with Gasteiger partial charge in [-0.2, -0.15) is 13.2 Å². The van der Waals surface area contributed by atoms with E-state index in [-0.39, 0.29) is 18.5 Å². The third-order valence-electron chi connectivity index (χ3n) is 6.91. The maximum absolute atomic E-state index is 13.6. The van der Waals surface area contributed by atoms with E-state index in [1.165, 1.54) is 4.57 Å². The summed E-state index contributed by atoms with van der Waals surface area (Å²) in [6, 6.07) is 7.25. The third kappa shape index (κ3) is 5.72. The van der Waals surface area contributed by atoms with Crippen LogP contribution in [0.4, 0.5) is 18.9 Å². The van der Waals surface area contributed by atoms with Crippen molar-refractivity contribution in [2.45, 2.75) is 44.6 Å². The van der Waals surface area contributed by atoms with Gasteiger partial charge in [-0.1, -0.05) is 17.4 Å². The lowest BCUT2D eigenvalue weighted by Gasteiger charge is -2.30. The Labute approximate surface area is 214 Å². The normalized spacial score (nSPS) is 20.8. The molecule has 2 atom stereocenters. The minimum absolute atomic E-state index is 0.0295. The van der Waals surface area contributed by atoms with Gasteiger partial charge >= 0.3 is 12.1 Å². The second-order valence-electron chi connectivity index (χ2n) is 9.70. The second-order valence-corrected chi connectivity index (χ2v) is 10.8. The number of anilines is 1. The van der Waals surface area contributed by atoms with Crippen molar-refractivity contribution in [1.82, 2.24) is 25.0 Å². The van der Waals surface area contributed by atoms with Crippen LogP contribution in [0.3, 0.4) is 0 Å².